The number of aliphatic imine (C=N–C) groups is 2. The lowest BCUT2D eigenvalue weighted by molar-refractivity contribution is 0.662. The van der Waals surface area contributed by atoms with E-state index in [9.17, 15) is 0 Å². The van der Waals surface area contributed by atoms with E-state index in [4.69, 9.17) is 18.8 Å². The minimum absolute atomic E-state index is 0.391. The Balaban J connectivity index is 1.04. The lowest BCUT2D eigenvalue weighted by atomic mass is 9.98. The predicted molar refractivity (Wildman–Crippen MR) is 213 cm³/mol. The largest absolute Gasteiger partial charge is 0.456 e. The van der Waals surface area contributed by atoms with E-state index in [-0.39, 0.29) is 0 Å². The summed E-state index contributed by atoms with van der Waals surface area (Å²) in [6, 6.07) is 56.9. The number of amidine groups is 2. The van der Waals surface area contributed by atoms with Gasteiger partial charge in [-0.05, 0) is 63.5 Å². The second-order valence-electron chi connectivity index (χ2n) is 13.4. The van der Waals surface area contributed by atoms with Crippen LogP contribution in [-0.2, 0) is 0 Å². The Kier molecular flexibility index (Phi) is 6.25. The summed E-state index contributed by atoms with van der Waals surface area (Å²) >= 11 is 0. The van der Waals surface area contributed by atoms with Crippen molar-refractivity contribution < 1.29 is 8.83 Å². The number of para-hydroxylation sites is 1. The van der Waals surface area contributed by atoms with Gasteiger partial charge in [-0.1, -0.05) is 127 Å². The highest BCUT2D eigenvalue weighted by atomic mass is 16.3. The number of hydrogen-bond donors (Lipinski definition) is 1. The molecule has 1 N–H and O–H groups in total. The van der Waals surface area contributed by atoms with Crippen LogP contribution in [0.3, 0.4) is 0 Å². The van der Waals surface area contributed by atoms with Gasteiger partial charge in [-0.2, -0.15) is 0 Å². The van der Waals surface area contributed by atoms with Crippen LogP contribution in [-0.4, -0.2) is 11.7 Å². The van der Waals surface area contributed by atoms with Gasteiger partial charge in [-0.25, -0.2) is 9.98 Å². The Morgan fingerprint density at radius 3 is 2.06 bits per heavy atom. The SMILES string of the molecule is c1ccc(C2=NC(c3cccc4oc5cc(-c6cccc7c6oc6cc8ccccc8cc67)ccc5c34)NC(c3ccc4ccccc4c3)=N2)cc1. The third-order valence-electron chi connectivity index (χ3n) is 10.3. The zero-order valence-electron chi connectivity index (χ0n) is 27.9. The number of rotatable bonds is 4. The molecule has 0 fully saturated rings. The highest BCUT2D eigenvalue weighted by molar-refractivity contribution is 6.16. The van der Waals surface area contributed by atoms with E-state index >= 15 is 0 Å². The molecule has 0 bridgehead atoms. The maximum absolute atomic E-state index is 6.60. The molecule has 0 aliphatic carbocycles. The summed E-state index contributed by atoms with van der Waals surface area (Å²) in [6.07, 6.45) is -0.391. The van der Waals surface area contributed by atoms with Crippen LogP contribution < -0.4 is 5.32 Å². The van der Waals surface area contributed by atoms with Gasteiger partial charge in [0.05, 0.1) is 0 Å². The van der Waals surface area contributed by atoms with Crippen molar-refractivity contribution in [2.75, 3.05) is 0 Å². The van der Waals surface area contributed by atoms with E-state index in [2.05, 4.69) is 139 Å². The second-order valence-corrected chi connectivity index (χ2v) is 13.4. The van der Waals surface area contributed by atoms with Crippen molar-refractivity contribution in [3.05, 3.63) is 180 Å². The molecule has 0 saturated carbocycles. The van der Waals surface area contributed by atoms with Gasteiger partial charge in [0.25, 0.3) is 0 Å². The summed E-state index contributed by atoms with van der Waals surface area (Å²) in [5, 5.41) is 12.7. The standard InChI is InChI=1S/C47H29N3O2/c1-2-11-29(12-3-1)45-48-46(34-21-20-28-10-4-5-13-30(28)24-34)50-47(49-45)38-18-9-19-40-43(38)37-23-22-33(27-41(37)51-40)35-16-8-17-36-39-25-31-14-6-7-15-32(31)26-42(39)52-44(35)36/h1-27,47H,(H,48,49,50). The molecule has 0 amide bonds. The summed E-state index contributed by atoms with van der Waals surface area (Å²) in [5.74, 6) is 1.47. The summed E-state index contributed by atoms with van der Waals surface area (Å²) < 4.78 is 13.2. The van der Waals surface area contributed by atoms with Gasteiger partial charge in [0.2, 0.25) is 0 Å². The molecule has 2 aromatic heterocycles. The molecule has 52 heavy (non-hydrogen) atoms. The van der Waals surface area contributed by atoms with E-state index in [0.29, 0.717) is 5.84 Å². The molecule has 0 spiro atoms. The molecule has 1 unspecified atom stereocenters. The summed E-state index contributed by atoms with van der Waals surface area (Å²) in [7, 11) is 0. The number of fused-ring (bicyclic) bond motifs is 8. The molecule has 1 aliphatic rings. The predicted octanol–water partition coefficient (Wildman–Crippen LogP) is 12.0. The van der Waals surface area contributed by atoms with Gasteiger partial charge in [-0.3, -0.25) is 0 Å². The zero-order valence-corrected chi connectivity index (χ0v) is 27.9. The molecule has 8 aromatic carbocycles. The second kappa shape index (κ2) is 11.3. The Morgan fingerprint density at radius 1 is 0.462 bits per heavy atom. The molecule has 3 heterocycles. The van der Waals surface area contributed by atoms with Crippen LogP contribution in [0.25, 0.3) is 76.5 Å². The Morgan fingerprint density at radius 2 is 1.19 bits per heavy atom. The van der Waals surface area contributed by atoms with Crippen molar-refractivity contribution in [2.24, 2.45) is 9.98 Å². The van der Waals surface area contributed by atoms with E-state index < -0.39 is 6.17 Å². The van der Waals surface area contributed by atoms with Gasteiger partial charge in [0.15, 0.2) is 5.84 Å². The molecular formula is C47H29N3O2. The van der Waals surface area contributed by atoms with Crippen LogP contribution in [0.1, 0.15) is 22.9 Å². The first kappa shape index (κ1) is 28.8. The number of furan rings is 2. The lowest BCUT2D eigenvalue weighted by Gasteiger charge is -2.24. The molecule has 244 valence electrons. The van der Waals surface area contributed by atoms with Crippen LogP contribution in [0, 0.1) is 0 Å². The van der Waals surface area contributed by atoms with Gasteiger partial charge in [0.1, 0.15) is 34.3 Å². The van der Waals surface area contributed by atoms with Crippen molar-refractivity contribution in [1.82, 2.24) is 5.32 Å². The lowest BCUT2D eigenvalue weighted by Crippen LogP contribution is -2.33. The maximum atomic E-state index is 6.60. The minimum atomic E-state index is -0.391. The summed E-state index contributed by atoms with van der Waals surface area (Å²) in [4.78, 5) is 10.3. The zero-order chi connectivity index (χ0) is 34.2. The van der Waals surface area contributed by atoms with Crippen LogP contribution in [0.4, 0.5) is 0 Å². The Hall–Kier alpha value is -6.98. The van der Waals surface area contributed by atoms with Crippen molar-refractivity contribution in [3.63, 3.8) is 0 Å². The van der Waals surface area contributed by atoms with Gasteiger partial charge in [0, 0.05) is 43.8 Å². The monoisotopic (exact) mass is 667 g/mol. The minimum Gasteiger partial charge on any atom is -0.456 e. The fourth-order valence-electron chi connectivity index (χ4n) is 7.77. The highest BCUT2D eigenvalue weighted by Crippen LogP contribution is 2.41. The molecule has 5 nitrogen and oxygen atoms in total. The fourth-order valence-corrected chi connectivity index (χ4v) is 7.77. The van der Waals surface area contributed by atoms with Gasteiger partial charge in [-0.15, -0.1) is 0 Å². The molecule has 1 atom stereocenters. The first-order valence-corrected chi connectivity index (χ1v) is 17.5. The van der Waals surface area contributed by atoms with Crippen LogP contribution in [0.5, 0.6) is 0 Å². The topological polar surface area (TPSA) is 63.0 Å². The van der Waals surface area contributed by atoms with Crippen LogP contribution >= 0.6 is 0 Å². The van der Waals surface area contributed by atoms with Crippen LogP contribution in [0.2, 0.25) is 0 Å². The molecule has 5 heteroatoms. The van der Waals surface area contributed by atoms with Crippen LogP contribution in [0.15, 0.2) is 183 Å². The van der Waals surface area contributed by atoms with Gasteiger partial charge < -0.3 is 14.2 Å². The number of nitrogens with zero attached hydrogens (tertiary/aromatic N) is 2. The van der Waals surface area contributed by atoms with Crippen molar-refractivity contribution in [2.45, 2.75) is 6.17 Å². The molecule has 0 saturated heterocycles. The average molecular weight is 668 g/mol. The van der Waals surface area contributed by atoms with E-state index in [1.807, 2.05) is 30.3 Å². The number of nitrogens with one attached hydrogen (secondary N) is 1. The van der Waals surface area contributed by atoms with Crippen molar-refractivity contribution >= 4 is 77.1 Å². The molecule has 11 rings (SSSR count). The van der Waals surface area contributed by atoms with Gasteiger partial charge >= 0.3 is 0 Å². The third-order valence-corrected chi connectivity index (χ3v) is 10.3. The highest BCUT2D eigenvalue weighted by Gasteiger charge is 2.25. The van der Waals surface area contributed by atoms with E-state index in [0.717, 1.165) is 82.9 Å². The average Bonchev–Trinajstić information content (AvgIpc) is 3.77. The van der Waals surface area contributed by atoms with E-state index in [1.165, 1.54) is 16.2 Å². The molecular weight excluding hydrogens is 639 g/mol. The molecule has 10 aromatic rings. The summed E-state index contributed by atoms with van der Waals surface area (Å²) in [6.45, 7) is 0. The first-order valence-electron chi connectivity index (χ1n) is 17.5. The fraction of sp³-hybridized carbons (Fsp3) is 0.0213. The van der Waals surface area contributed by atoms with E-state index in [1.54, 1.807) is 0 Å². The maximum Gasteiger partial charge on any atom is 0.159 e. The number of benzene rings is 8. The Bertz CT molecular complexity index is 3110. The Labute approximate surface area is 298 Å². The first-order chi connectivity index (χ1) is 25.7. The molecule has 0 radical (unpaired) electrons. The number of hydrogen-bond acceptors (Lipinski definition) is 5. The normalized spacial score (nSPS) is 14.7. The molecule has 1 aliphatic heterocycles. The van der Waals surface area contributed by atoms with Crippen molar-refractivity contribution in [3.8, 4) is 11.1 Å². The smallest absolute Gasteiger partial charge is 0.159 e. The van der Waals surface area contributed by atoms with Crippen molar-refractivity contribution in [1.29, 1.82) is 0 Å². The summed E-state index contributed by atoms with van der Waals surface area (Å²) in [5.41, 5.74) is 8.45. The quantitative estimate of drug-likeness (QED) is 0.203. The third kappa shape index (κ3) is 4.56.